The molecule has 0 saturated heterocycles. The number of halogens is 2. The molecule has 18 heavy (non-hydrogen) atoms. The van der Waals surface area contributed by atoms with Gasteiger partial charge in [-0.2, -0.15) is 0 Å². The maximum atomic E-state index is 12.0. The number of carbonyl (C=O) groups excluding carboxylic acids is 1. The highest BCUT2D eigenvalue weighted by molar-refractivity contribution is 5.97. The van der Waals surface area contributed by atoms with Crippen LogP contribution in [-0.2, 0) is 4.79 Å². The first-order valence-corrected chi connectivity index (χ1v) is 5.71. The maximum absolute atomic E-state index is 12.0. The van der Waals surface area contributed by atoms with Crippen LogP contribution in [0.3, 0.4) is 0 Å². The first-order valence-electron chi connectivity index (χ1n) is 5.71. The van der Waals surface area contributed by atoms with Gasteiger partial charge in [0, 0.05) is 6.20 Å². The number of nitrogens with zero attached hydrogens (tertiary/aromatic N) is 1. The molecule has 0 aromatic carbocycles. The highest BCUT2D eigenvalue weighted by atomic mass is 35.5. The van der Waals surface area contributed by atoms with Crippen molar-refractivity contribution in [3.63, 3.8) is 0 Å². The zero-order valence-corrected chi connectivity index (χ0v) is 11.7. The van der Waals surface area contributed by atoms with E-state index >= 15 is 0 Å². The van der Waals surface area contributed by atoms with Crippen molar-refractivity contribution < 1.29 is 4.79 Å². The number of hydrogen-bond acceptors (Lipinski definition) is 3. The fourth-order valence-electron chi connectivity index (χ4n) is 2.10. The van der Waals surface area contributed by atoms with Crippen molar-refractivity contribution >= 4 is 36.4 Å². The summed E-state index contributed by atoms with van der Waals surface area (Å²) in [5.41, 5.74) is 6.14. The van der Waals surface area contributed by atoms with Crippen LogP contribution in [0.2, 0.25) is 0 Å². The van der Waals surface area contributed by atoms with Gasteiger partial charge in [0.25, 0.3) is 0 Å². The number of anilines is 1. The van der Waals surface area contributed by atoms with Gasteiger partial charge >= 0.3 is 0 Å². The van der Waals surface area contributed by atoms with Crippen LogP contribution in [0.15, 0.2) is 24.5 Å². The number of nitrogens with two attached hydrogens (primary N) is 1. The van der Waals surface area contributed by atoms with Gasteiger partial charge in [-0.3, -0.25) is 9.78 Å². The molecule has 1 heterocycles. The van der Waals surface area contributed by atoms with Crippen molar-refractivity contribution in [2.75, 3.05) is 5.32 Å². The Kier molecular flexibility index (Phi) is 7.21. The lowest BCUT2D eigenvalue weighted by molar-refractivity contribution is -0.122. The Morgan fingerprint density at radius 2 is 1.94 bits per heavy atom. The molecule has 1 aromatic rings. The van der Waals surface area contributed by atoms with E-state index in [1.54, 1.807) is 18.5 Å². The Balaban J connectivity index is 0.00000144. The molecule has 0 bridgehead atoms. The highest BCUT2D eigenvalue weighted by Gasteiger charge is 2.35. The molecule has 1 amide bonds. The van der Waals surface area contributed by atoms with Gasteiger partial charge in [-0.15, -0.1) is 24.8 Å². The summed E-state index contributed by atoms with van der Waals surface area (Å²) in [7, 11) is 0. The van der Waals surface area contributed by atoms with Crippen LogP contribution >= 0.6 is 24.8 Å². The van der Waals surface area contributed by atoms with Crippen LogP contribution in [0.25, 0.3) is 0 Å². The molecule has 2 rings (SSSR count). The Labute approximate surface area is 120 Å². The smallest absolute Gasteiger partial charge is 0.244 e. The SMILES string of the molecule is Cl.Cl.NC1(C(=O)Nc2cccnc2)CCCCC1. The normalized spacial score (nSPS) is 16.9. The van der Waals surface area contributed by atoms with Crippen LogP contribution in [0.5, 0.6) is 0 Å². The summed E-state index contributed by atoms with van der Waals surface area (Å²) in [6.45, 7) is 0. The molecule has 102 valence electrons. The molecule has 1 aromatic heterocycles. The number of aromatic nitrogens is 1. The summed E-state index contributed by atoms with van der Waals surface area (Å²) in [5, 5.41) is 2.83. The van der Waals surface area contributed by atoms with E-state index in [9.17, 15) is 4.79 Å². The predicted octanol–water partition coefficient (Wildman–Crippen LogP) is 2.53. The number of hydrogen-bond donors (Lipinski definition) is 2. The fraction of sp³-hybridized carbons (Fsp3) is 0.500. The molecule has 3 N–H and O–H groups in total. The molecule has 0 aliphatic heterocycles. The van der Waals surface area contributed by atoms with Crippen molar-refractivity contribution in [3.8, 4) is 0 Å². The van der Waals surface area contributed by atoms with E-state index in [1.807, 2.05) is 6.07 Å². The van der Waals surface area contributed by atoms with Crippen molar-refractivity contribution in [2.45, 2.75) is 37.6 Å². The molecular formula is C12H19Cl2N3O. The minimum atomic E-state index is -0.686. The lowest BCUT2D eigenvalue weighted by Crippen LogP contribution is -2.52. The molecule has 1 aliphatic carbocycles. The second-order valence-electron chi connectivity index (χ2n) is 4.41. The molecule has 0 atom stereocenters. The van der Waals surface area contributed by atoms with Gasteiger partial charge in [0.2, 0.25) is 5.91 Å². The molecule has 0 unspecified atom stereocenters. The van der Waals surface area contributed by atoms with Crippen LogP contribution < -0.4 is 11.1 Å². The Bertz CT molecular complexity index is 367. The molecule has 1 fully saturated rings. The van der Waals surface area contributed by atoms with Gasteiger partial charge in [-0.25, -0.2) is 0 Å². The molecule has 1 saturated carbocycles. The number of amides is 1. The quantitative estimate of drug-likeness (QED) is 0.880. The van der Waals surface area contributed by atoms with Crippen molar-refractivity contribution in [2.24, 2.45) is 5.73 Å². The average Bonchev–Trinajstić information content (AvgIpc) is 2.31. The Morgan fingerprint density at radius 3 is 2.50 bits per heavy atom. The van der Waals surface area contributed by atoms with E-state index in [1.165, 1.54) is 6.42 Å². The average molecular weight is 292 g/mol. The Morgan fingerprint density at radius 1 is 1.28 bits per heavy atom. The van der Waals surface area contributed by atoms with E-state index in [0.29, 0.717) is 5.69 Å². The van der Waals surface area contributed by atoms with Gasteiger partial charge in [-0.05, 0) is 25.0 Å². The number of carbonyl (C=O) groups is 1. The molecule has 4 nitrogen and oxygen atoms in total. The minimum absolute atomic E-state index is 0. The third-order valence-electron chi connectivity index (χ3n) is 3.12. The van der Waals surface area contributed by atoms with Crippen molar-refractivity contribution in [1.29, 1.82) is 0 Å². The van der Waals surface area contributed by atoms with E-state index in [4.69, 9.17) is 5.73 Å². The molecule has 1 aliphatic rings. The molecule has 0 radical (unpaired) electrons. The second kappa shape index (κ2) is 7.56. The second-order valence-corrected chi connectivity index (χ2v) is 4.41. The number of nitrogens with one attached hydrogen (secondary N) is 1. The summed E-state index contributed by atoms with van der Waals surface area (Å²) >= 11 is 0. The minimum Gasteiger partial charge on any atom is -0.323 e. The molecular weight excluding hydrogens is 273 g/mol. The van der Waals surface area contributed by atoms with E-state index in [0.717, 1.165) is 25.7 Å². The van der Waals surface area contributed by atoms with Crippen LogP contribution in [-0.4, -0.2) is 16.4 Å². The van der Waals surface area contributed by atoms with Crippen LogP contribution in [0, 0.1) is 0 Å². The van der Waals surface area contributed by atoms with Crippen LogP contribution in [0.4, 0.5) is 5.69 Å². The topological polar surface area (TPSA) is 68.0 Å². The Hall–Kier alpha value is -0.840. The number of rotatable bonds is 2. The summed E-state index contributed by atoms with van der Waals surface area (Å²) in [6, 6.07) is 3.61. The lowest BCUT2D eigenvalue weighted by atomic mass is 9.82. The van der Waals surface area contributed by atoms with E-state index < -0.39 is 5.54 Å². The first kappa shape index (κ1) is 17.2. The third-order valence-corrected chi connectivity index (χ3v) is 3.12. The highest BCUT2D eigenvalue weighted by Crippen LogP contribution is 2.26. The summed E-state index contributed by atoms with van der Waals surface area (Å²) in [6.07, 6.45) is 8.11. The standard InChI is InChI=1S/C12H17N3O.2ClH/c13-12(6-2-1-3-7-12)11(16)15-10-5-4-8-14-9-10;;/h4-5,8-9H,1-3,6-7,13H2,(H,15,16);2*1H. The summed E-state index contributed by atoms with van der Waals surface area (Å²) < 4.78 is 0. The van der Waals surface area contributed by atoms with Crippen molar-refractivity contribution in [1.82, 2.24) is 4.98 Å². The molecule has 0 spiro atoms. The van der Waals surface area contributed by atoms with Crippen molar-refractivity contribution in [3.05, 3.63) is 24.5 Å². The summed E-state index contributed by atoms with van der Waals surface area (Å²) in [4.78, 5) is 16.0. The van der Waals surface area contributed by atoms with Crippen LogP contribution in [0.1, 0.15) is 32.1 Å². The van der Waals surface area contributed by atoms with Gasteiger partial charge in [-0.1, -0.05) is 19.3 Å². The zero-order chi connectivity index (χ0) is 11.4. The predicted molar refractivity (Wildman–Crippen MR) is 77.4 cm³/mol. The maximum Gasteiger partial charge on any atom is 0.244 e. The van der Waals surface area contributed by atoms with E-state index in [-0.39, 0.29) is 30.7 Å². The van der Waals surface area contributed by atoms with E-state index in [2.05, 4.69) is 10.3 Å². The molecule has 6 heteroatoms. The number of pyridine rings is 1. The zero-order valence-electron chi connectivity index (χ0n) is 10.1. The largest absolute Gasteiger partial charge is 0.323 e. The van der Waals surface area contributed by atoms with Gasteiger partial charge in [0.05, 0.1) is 17.4 Å². The van der Waals surface area contributed by atoms with Gasteiger partial charge < -0.3 is 11.1 Å². The van der Waals surface area contributed by atoms with Gasteiger partial charge in [0.1, 0.15) is 0 Å². The lowest BCUT2D eigenvalue weighted by Gasteiger charge is -2.31. The monoisotopic (exact) mass is 291 g/mol. The summed E-state index contributed by atoms with van der Waals surface area (Å²) in [5.74, 6) is -0.0831. The fourth-order valence-corrected chi connectivity index (χ4v) is 2.10. The van der Waals surface area contributed by atoms with Gasteiger partial charge in [0.15, 0.2) is 0 Å². The first-order chi connectivity index (χ1) is 7.71. The third kappa shape index (κ3) is 4.12.